The quantitative estimate of drug-likeness (QED) is 0.501. The van der Waals surface area contributed by atoms with E-state index in [2.05, 4.69) is 15.4 Å². The Bertz CT molecular complexity index is 1080. The van der Waals surface area contributed by atoms with E-state index < -0.39 is 0 Å². The molecule has 6 nitrogen and oxygen atoms in total. The minimum atomic E-state index is -0.236. The van der Waals surface area contributed by atoms with E-state index in [1.54, 1.807) is 20.4 Å². The largest absolute Gasteiger partial charge is 0.497 e. The zero-order valence-corrected chi connectivity index (χ0v) is 17.0. The summed E-state index contributed by atoms with van der Waals surface area (Å²) in [5, 5.41) is 4.06. The summed E-state index contributed by atoms with van der Waals surface area (Å²) in [6.45, 7) is 1.58. The van der Waals surface area contributed by atoms with Crippen molar-refractivity contribution in [3.05, 3.63) is 89.0 Å². The lowest BCUT2D eigenvalue weighted by Gasteiger charge is -2.17. The predicted molar refractivity (Wildman–Crippen MR) is 117 cm³/mol. The number of carbonyl (C=O) groups excluding carboxylic acids is 1. The molecule has 0 unspecified atom stereocenters. The Kier molecular flexibility index (Phi) is 5.66. The molecular weight excluding hydrogens is 378 g/mol. The molecule has 1 aliphatic heterocycles. The van der Waals surface area contributed by atoms with Gasteiger partial charge in [0.1, 0.15) is 11.5 Å². The number of hydrogen-bond donors (Lipinski definition) is 1. The van der Waals surface area contributed by atoms with Crippen LogP contribution in [0.25, 0.3) is 0 Å². The van der Waals surface area contributed by atoms with Crippen LogP contribution in [0.2, 0.25) is 0 Å². The molecule has 0 atom stereocenters. The number of rotatable bonds is 6. The summed E-state index contributed by atoms with van der Waals surface area (Å²) < 4.78 is 10.4. The molecule has 3 aromatic carbocycles. The molecule has 1 aliphatic rings. The molecule has 0 aliphatic carbocycles. The van der Waals surface area contributed by atoms with Gasteiger partial charge in [-0.15, -0.1) is 0 Å². The van der Waals surface area contributed by atoms with Crippen LogP contribution < -0.4 is 19.8 Å². The van der Waals surface area contributed by atoms with Crippen LogP contribution in [-0.4, -0.2) is 26.3 Å². The lowest BCUT2D eigenvalue weighted by atomic mass is 10.1. The van der Waals surface area contributed by atoms with Gasteiger partial charge < -0.3 is 14.4 Å². The lowest BCUT2D eigenvalue weighted by Crippen LogP contribution is -2.18. The van der Waals surface area contributed by atoms with Gasteiger partial charge in [0, 0.05) is 24.3 Å². The zero-order valence-electron chi connectivity index (χ0n) is 17.0. The van der Waals surface area contributed by atoms with E-state index in [1.807, 2.05) is 66.7 Å². The third kappa shape index (κ3) is 4.27. The smallest absolute Gasteiger partial charge is 0.271 e. The molecule has 0 aromatic heterocycles. The van der Waals surface area contributed by atoms with Crippen molar-refractivity contribution in [1.29, 1.82) is 0 Å². The van der Waals surface area contributed by atoms with Gasteiger partial charge in [-0.1, -0.05) is 18.2 Å². The van der Waals surface area contributed by atoms with Crippen molar-refractivity contribution in [3.8, 4) is 11.5 Å². The van der Waals surface area contributed by atoms with Crippen LogP contribution in [-0.2, 0) is 13.1 Å². The van der Waals surface area contributed by atoms with Crippen molar-refractivity contribution in [2.24, 2.45) is 5.10 Å². The Hall–Kier alpha value is -3.80. The summed E-state index contributed by atoms with van der Waals surface area (Å²) in [6.07, 6.45) is 1.60. The monoisotopic (exact) mass is 401 g/mol. The average Bonchev–Trinajstić information content (AvgIpc) is 3.22. The summed E-state index contributed by atoms with van der Waals surface area (Å²) in [5.41, 5.74) is 7.53. The first kappa shape index (κ1) is 19.5. The number of nitrogens with zero attached hydrogens (tertiary/aromatic N) is 2. The van der Waals surface area contributed by atoms with Gasteiger partial charge >= 0.3 is 0 Å². The van der Waals surface area contributed by atoms with Gasteiger partial charge in [-0.25, -0.2) is 5.43 Å². The Morgan fingerprint density at radius 1 is 0.933 bits per heavy atom. The summed E-state index contributed by atoms with van der Waals surface area (Å²) in [6, 6.07) is 21.3. The molecule has 4 rings (SSSR count). The molecule has 152 valence electrons. The molecule has 1 amide bonds. The second-order valence-corrected chi connectivity index (χ2v) is 7.01. The molecule has 0 spiro atoms. The molecule has 6 heteroatoms. The minimum absolute atomic E-state index is 0.236. The molecule has 0 saturated heterocycles. The number of hydrazone groups is 1. The van der Waals surface area contributed by atoms with E-state index in [-0.39, 0.29) is 5.91 Å². The van der Waals surface area contributed by atoms with Crippen LogP contribution in [0.15, 0.2) is 71.8 Å². The highest BCUT2D eigenvalue weighted by molar-refractivity contribution is 5.95. The normalized spacial score (nSPS) is 12.7. The highest BCUT2D eigenvalue weighted by Gasteiger charge is 2.20. The molecule has 0 bridgehead atoms. The second kappa shape index (κ2) is 8.69. The molecule has 0 radical (unpaired) electrons. The van der Waals surface area contributed by atoms with Crippen molar-refractivity contribution in [1.82, 2.24) is 5.43 Å². The number of hydrogen-bond acceptors (Lipinski definition) is 5. The lowest BCUT2D eigenvalue weighted by molar-refractivity contribution is 0.0955. The van der Waals surface area contributed by atoms with Gasteiger partial charge in [0.05, 0.1) is 20.4 Å². The number of amides is 1. The van der Waals surface area contributed by atoms with Gasteiger partial charge in [-0.05, 0) is 65.2 Å². The van der Waals surface area contributed by atoms with Gasteiger partial charge in [0.2, 0.25) is 0 Å². The van der Waals surface area contributed by atoms with Crippen molar-refractivity contribution < 1.29 is 14.3 Å². The van der Waals surface area contributed by atoms with Crippen LogP contribution >= 0.6 is 0 Å². The first-order valence-electron chi connectivity index (χ1n) is 9.64. The zero-order chi connectivity index (χ0) is 20.9. The number of methoxy groups -OCH3 is 2. The average molecular weight is 401 g/mol. The summed E-state index contributed by atoms with van der Waals surface area (Å²) >= 11 is 0. The number of anilines is 1. The van der Waals surface area contributed by atoms with E-state index in [1.165, 1.54) is 5.56 Å². The summed E-state index contributed by atoms with van der Waals surface area (Å²) in [5.74, 6) is 1.34. The van der Waals surface area contributed by atoms with E-state index in [4.69, 9.17) is 9.47 Å². The molecular formula is C24H23N3O3. The van der Waals surface area contributed by atoms with Crippen LogP contribution in [0.3, 0.4) is 0 Å². The van der Waals surface area contributed by atoms with Crippen molar-refractivity contribution >= 4 is 17.8 Å². The van der Waals surface area contributed by atoms with Crippen molar-refractivity contribution in [3.63, 3.8) is 0 Å². The Morgan fingerprint density at radius 2 is 1.70 bits per heavy atom. The standard InChI is InChI=1S/C24H23N3O3/c1-29-22-10-8-21(9-11-22)27-15-19-7-6-18(13-20(19)16-27)24(28)26-25-14-17-4-3-5-23(12-17)30-2/h3-14H,15-16H2,1-2H3,(H,26,28)/b25-14+. The van der Waals surface area contributed by atoms with Crippen molar-refractivity contribution in [2.75, 3.05) is 19.1 Å². The molecule has 0 fully saturated rings. The first-order valence-corrected chi connectivity index (χ1v) is 9.64. The minimum Gasteiger partial charge on any atom is -0.497 e. The van der Waals surface area contributed by atoms with Gasteiger partial charge in [0.25, 0.3) is 5.91 Å². The van der Waals surface area contributed by atoms with E-state index in [9.17, 15) is 4.79 Å². The van der Waals surface area contributed by atoms with Crippen LogP contribution in [0.4, 0.5) is 5.69 Å². The summed E-state index contributed by atoms with van der Waals surface area (Å²) in [4.78, 5) is 14.8. The maximum Gasteiger partial charge on any atom is 0.271 e. The number of ether oxygens (including phenoxy) is 2. The number of benzene rings is 3. The third-order valence-corrected chi connectivity index (χ3v) is 5.10. The predicted octanol–water partition coefficient (Wildman–Crippen LogP) is 3.99. The van der Waals surface area contributed by atoms with Crippen LogP contribution in [0, 0.1) is 0 Å². The second-order valence-electron chi connectivity index (χ2n) is 7.01. The van der Waals surface area contributed by atoms with Gasteiger partial charge in [-0.3, -0.25) is 4.79 Å². The van der Waals surface area contributed by atoms with Crippen LogP contribution in [0.1, 0.15) is 27.0 Å². The number of nitrogens with one attached hydrogen (secondary N) is 1. The maximum absolute atomic E-state index is 12.5. The van der Waals surface area contributed by atoms with E-state index in [0.717, 1.165) is 41.4 Å². The SMILES string of the molecule is COc1ccc(N2Cc3ccc(C(=O)N/N=C/c4cccc(OC)c4)cc3C2)cc1. The summed E-state index contributed by atoms with van der Waals surface area (Å²) in [7, 11) is 3.27. The first-order chi connectivity index (χ1) is 14.7. The highest BCUT2D eigenvalue weighted by Crippen LogP contribution is 2.30. The van der Waals surface area contributed by atoms with Crippen molar-refractivity contribution in [2.45, 2.75) is 13.1 Å². The Labute approximate surface area is 175 Å². The molecule has 3 aromatic rings. The van der Waals surface area contributed by atoms with Gasteiger partial charge in [0.15, 0.2) is 0 Å². The Balaban J connectivity index is 1.41. The topological polar surface area (TPSA) is 63.2 Å². The fourth-order valence-corrected chi connectivity index (χ4v) is 3.46. The molecule has 30 heavy (non-hydrogen) atoms. The van der Waals surface area contributed by atoms with E-state index in [0.29, 0.717) is 5.56 Å². The van der Waals surface area contributed by atoms with Crippen LogP contribution in [0.5, 0.6) is 11.5 Å². The third-order valence-electron chi connectivity index (χ3n) is 5.10. The highest BCUT2D eigenvalue weighted by atomic mass is 16.5. The number of carbonyl (C=O) groups is 1. The van der Waals surface area contributed by atoms with Gasteiger partial charge in [-0.2, -0.15) is 5.10 Å². The number of fused-ring (bicyclic) bond motifs is 1. The fourth-order valence-electron chi connectivity index (χ4n) is 3.46. The fraction of sp³-hybridized carbons (Fsp3) is 0.167. The molecule has 0 saturated carbocycles. The Morgan fingerprint density at radius 3 is 2.47 bits per heavy atom. The molecule has 1 N–H and O–H groups in total. The maximum atomic E-state index is 12.5. The molecule has 1 heterocycles. The van der Waals surface area contributed by atoms with E-state index >= 15 is 0 Å².